The highest BCUT2D eigenvalue weighted by Gasteiger charge is 2.25. The number of nitrogens with one attached hydrogen (secondary N) is 3. The summed E-state index contributed by atoms with van der Waals surface area (Å²) in [5.41, 5.74) is 2.44. The first-order valence-corrected chi connectivity index (χ1v) is 13.4. The lowest BCUT2D eigenvalue weighted by molar-refractivity contribution is 0.102. The fourth-order valence-electron chi connectivity index (χ4n) is 5.67. The standard InChI is InChI=1S/C28H33FN8O2/c1-16-12-37(13-17(2)32-16)24-5-4-21(26-22(24)11-31-28(34-26)39-15-18-6-7-30-10-18)27(38)33-20-8-19-14-36(3)35-25(19)23(29)9-20/h4-5,8-9,11,14,16-18,30,32H,6-7,10,12-13,15H2,1-3H3,(H,33,38)/t16-,17-,18-/m1/s1. The first-order valence-electron chi connectivity index (χ1n) is 13.4. The van der Waals surface area contributed by atoms with Crippen molar-refractivity contribution in [1.29, 1.82) is 0 Å². The minimum atomic E-state index is -0.495. The van der Waals surface area contributed by atoms with Gasteiger partial charge in [0.1, 0.15) is 5.52 Å². The van der Waals surface area contributed by atoms with E-state index in [1.54, 1.807) is 36.3 Å². The molecule has 0 bridgehead atoms. The van der Waals surface area contributed by atoms with Crippen molar-refractivity contribution in [3.05, 3.63) is 48.0 Å². The van der Waals surface area contributed by atoms with Gasteiger partial charge in [-0.3, -0.25) is 9.48 Å². The van der Waals surface area contributed by atoms with Gasteiger partial charge in [-0.05, 0) is 51.1 Å². The van der Waals surface area contributed by atoms with E-state index in [1.165, 1.54) is 6.07 Å². The summed E-state index contributed by atoms with van der Waals surface area (Å²) in [5, 5.41) is 15.3. The predicted octanol–water partition coefficient (Wildman–Crippen LogP) is 3.08. The average molecular weight is 533 g/mol. The maximum absolute atomic E-state index is 14.7. The molecule has 0 unspecified atom stereocenters. The maximum atomic E-state index is 14.7. The first-order chi connectivity index (χ1) is 18.8. The number of benzene rings is 2. The molecule has 4 aromatic rings. The van der Waals surface area contributed by atoms with Crippen LogP contribution in [0.1, 0.15) is 30.6 Å². The highest BCUT2D eigenvalue weighted by molar-refractivity contribution is 6.14. The molecule has 2 aromatic carbocycles. The van der Waals surface area contributed by atoms with E-state index >= 15 is 0 Å². The number of aryl methyl sites for hydroxylation is 1. The van der Waals surface area contributed by atoms with E-state index in [1.807, 2.05) is 6.07 Å². The zero-order valence-electron chi connectivity index (χ0n) is 22.4. The van der Waals surface area contributed by atoms with Crippen LogP contribution in [-0.2, 0) is 7.05 Å². The van der Waals surface area contributed by atoms with Crippen LogP contribution >= 0.6 is 0 Å². The van der Waals surface area contributed by atoms with Crippen molar-refractivity contribution in [1.82, 2.24) is 30.4 Å². The molecule has 2 aliphatic heterocycles. The number of anilines is 2. The topological polar surface area (TPSA) is 109 Å². The number of piperazine rings is 1. The van der Waals surface area contributed by atoms with E-state index in [0.717, 1.165) is 43.7 Å². The summed E-state index contributed by atoms with van der Waals surface area (Å²) in [7, 11) is 1.73. The third-order valence-corrected chi connectivity index (χ3v) is 7.39. The van der Waals surface area contributed by atoms with E-state index in [9.17, 15) is 9.18 Å². The van der Waals surface area contributed by atoms with Gasteiger partial charge in [-0.2, -0.15) is 10.1 Å². The minimum Gasteiger partial charge on any atom is -0.463 e. The Morgan fingerprint density at radius 2 is 2.03 bits per heavy atom. The third-order valence-electron chi connectivity index (χ3n) is 7.39. The number of carbonyl (C=O) groups is 1. The van der Waals surface area contributed by atoms with Gasteiger partial charge in [0.2, 0.25) is 0 Å². The summed E-state index contributed by atoms with van der Waals surface area (Å²) in [4.78, 5) is 25.1. The monoisotopic (exact) mass is 532 g/mol. The molecule has 0 aliphatic carbocycles. The number of carbonyl (C=O) groups excluding carboxylic acids is 1. The lowest BCUT2D eigenvalue weighted by Gasteiger charge is -2.38. The molecule has 2 fully saturated rings. The van der Waals surface area contributed by atoms with E-state index in [4.69, 9.17) is 9.72 Å². The Kier molecular flexibility index (Phi) is 6.78. The molecule has 2 aliphatic rings. The van der Waals surface area contributed by atoms with Gasteiger partial charge in [-0.25, -0.2) is 9.37 Å². The molecule has 11 heteroatoms. The molecule has 1 amide bonds. The molecule has 10 nitrogen and oxygen atoms in total. The molecule has 2 saturated heterocycles. The van der Waals surface area contributed by atoms with E-state index in [0.29, 0.717) is 46.8 Å². The molecule has 3 N–H and O–H groups in total. The maximum Gasteiger partial charge on any atom is 0.316 e. The third kappa shape index (κ3) is 5.24. The number of fused-ring (bicyclic) bond motifs is 2. The van der Waals surface area contributed by atoms with E-state index in [-0.39, 0.29) is 17.4 Å². The van der Waals surface area contributed by atoms with Crippen LogP contribution < -0.4 is 25.6 Å². The number of nitrogens with zero attached hydrogens (tertiary/aromatic N) is 5. The second kappa shape index (κ2) is 10.4. The normalized spacial score (nSPS) is 21.5. The fraction of sp³-hybridized carbons (Fsp3) is 0.429. The largest absolute Gasteiger partial charge is 0.463 e. The number of halogens is 1. The molecule has 0 saturated carbocycles. The van der Waals surface area contributed by atoms with E-state index in [2.05, 4.69) is 44.8 Å². The summed E-state index contributed by atoms with van der Waals surface area (Å²) < 4.78 is 22.2. The Labute approximate surface area is 225 Å². The van der Waals surface area contributed by atoms with E-state index < -0.39 is 5.82 Å². The van der Waals surface area contributed by atoms with Crippen molar-refractivity contribution >= 4 is 39.1 Å². The second-order valence-corrected chi connectivity index (χ2v) is 10.7. The molecule has 2 aromatic heterocycles. The number of aromatic nitrogens is 4. The van der Waals surface area contributed by atoms with Crippen molar-refractivity contribution in [2.24, 2.45) is 13.0 Å². The van der Waals surface area contributed by atoms with Gasteiger partial charge in [-0.15, -0.1) is 0 Å². The molecule has 39 heavy (non-hydrogen) atoms. The molecule has 0 radical (unpaired) electrons. The Morgan fingerprint density at radius 1 is 1.21 bits per heavy atom. The molecule has 6 rings (SSSR count). The highest BCUT2D eigenvalue weighted by Crippen LogP contribution is 2.31. The number of ether oxygens (including phenoxy) is 1. The predicted molar refractivity (Wildman–Crippen MR) is 149 cm³/mol. The van der Waals surface area contributed by atoms with Crippen LogP contribution in [0.2, 0.25) is 0 Å². The van der Waals surface area contributed by atoms with Crippen LogP contribution in [0.15, 0.2) is 36.7 Å². The second-order valence-electron chi connectivity index (χ2n) is 10.7. The number of hydrogen-bond donors (Lipinski definition) is 3. The van der Waals surface area contributed by atoms with Gasteiger partial charge >= 0.3 is 6.01 Å². The van der Waals surface area contributed by atoms with Crippen LogP contribution in [0.4, 0.5) is 15.8 Å². The van der Waals surface area contributed by atoms with Gasteiger partial charge in [0.25, 0.3) is 5.91 Å². The molecular weight excluding hydrogens is 499 g/mol. The van der Waals surface area contributed by atoms with Crippen LogP contribution in [0.25, 0.3) is 21.8 Å². The van der Waals surface area contributed by atoms with Crippen molar-refractivity contribution < 1.29 is 13.9 Å². The van der Waals surface area contributed by atoms with Crippen molar-refractivity contribution in [2.45, 2.75) is 32.4 Å². The highest BCUT2D eigenvalue weighted by atomic mass is 19.1. The fourth-order valence-corrected chi connectivity index (χ4v) is 5.67. The first kappa shape index (κ1) is 25.4. The summed E-state index contributed by atoms with van der Waals surface area (Å²) in [6, 6.07) is 7.59. The van der Waals surface area contributed by atoms with Crippen molar-refractivity contribution in [2.75, 3.05) is 43.0 Å². The minimum absolute atomic E-state index is 0.241. The molecular formula is C28H33FN8O2. The van der Waals surface area contributed by atoms with Gasteiger partial charge in [0, 0.05) is 79.2 Å². The lowest BCUT2D eigenvalue weighted by Crippen LogP contribution is -2.54. The summed E-state index contributed by atoms with van der Waals surface area (Å²) in [6.45, 7) is 8.35. The SMILES string of the molecule is C[C@@H]1CN(c2ccc(C(=O)Nc3cc(F)c4nn(C)cc4c3)c3nc(OC[C@@H]4CCNC4)ncc23)C[C@@H](C)N1. The van der Waals surface area contributed by atoms with Gasteiger partial charge in [0.15, 0.2) is 5.82 Å². The quantitative estimate of drug-likeness (QED) is 0.348. The van der Waals surface area contributed by atoms with Crippen LogP contribution in [0.5, 0.6) is 6.01 Å². The number of rotatable bonds is 6. The van der Waals surface area contributed by atoms with Crippen molar-refractivity contribution in [3.8, 4) is 6.01 Å². The zero-order chi connectivity index (χ0) is 27.1. The van der Waals surface area contributed by atoms with Gasteiger partial charge in [-0.1, -0.05) is 0 Å². The molecule has 3 atom stereocenters. The van der Waals surface area contributed by atoms with Gasteiger partial charge < -0.3 is 25.6 Å². The van der Waals surface area contributed by atoms with Crippen molar-refractivity contribution in [3.63, 3.8) is 0 Å². The van der Waals surface area contributed by atoms with Gasteiger partial charge in [0.05, 0.1) is 17.7 Å². The Balaban J connectivity index is 1.36. The van der Waals surface area contributed by atoms with Crippen LogP contribution in [0, 0.1) is 11.7 Å². The summed E-state index contributed by atoms with van der Waals surface area (Å²) in [5.74, 6) is -0.481. The Bertz CT molecular complexity index is 1520. The average Bonchev–Trinajstić information content (AvgIpc) is 3.55. The molecule has 4 heterocycles. The number of hydrogen-bond acceptors (Lipinski definition) is 8. The summed E-state index contributed by atoms with van der Waals surface area (Å²) in [6.07, 6.45) is 4.50. The van der Waals surface area contributed by atoms with Crippen LogP contribution in [-0.4, -0.2) is 70.5 Å². The van der Waals surface area contributed by atoms with Crippen LogP contribution in [0.3, 0.4) is 0 Å². The summed E-state index contributed by atoms with van der Waals surface area (Å²) >= 11 is 0. The Hall–Kier alpha value is -3.83. The zero-order valence-corrected chi connectivity index (χ0v) is 22.4. The molecule has 204 valence electrons. The lowest BCUT2D eigenvalue weighted by atomic mass is 10.0. The Morgan fingerprint density at radius 3 is 2.79 bits per heavy atom. The smallest absolute Gasteiger partial charge is 0.316 e. The number of amides is 1. The molecule has 0 spiro atoms.